The molecule has 8 nitrogen and oxygen atoms in total. The molecule has 5 rings (SSSR count). The Morgan fingerprint density at radius 1 is 1.19 bits per heavy atom. The minimum Gasteiger partial charge on any atom is -0.345 e. The van der Waals surface area contributed by atoms with Gasteiger partial charge in [-0.3, -0.25) is 9.20 Å². The maximum absolute atomic E-state index is 12.2. The van der Waals surface area contributed by atoms with Gasteiger partial charge in [-0.25, -0.2) is 0 Å². The highest BCUT2D eigenvalue weighted by Crippen LogP contribution is 2.38. The molecule has 1 fully saturated rings. The molecule has 134 valence electrons. The number of rotatable bonds is 5. The lowest BCUT2D eigenvalue weighted by Gasteiger charge is -2.04. The molecule has 8 heteroatoms. The van der Waals surface area contributed by atoms with Gasteiger partial charge in [-0.15, -0.1) is 10.2 Å². The lowest BCUT2D eigenvalue weighted by molar-refractivity contribution is 0.0950. The zero-order valence-corrected chi connectivity index (χ0v) is 14.4. The normalized spacial score (nSPS) is 13.8. The smallest absolute Gasteiger partial charge is 0.258 e. The van der Waals surface area contributed by atoms with Gasteiger partial charge in [0.15, 0.2) is 17.3 Å². The fourth-order valence-electron chi connectivity index (χ4n) is 2.90. The fraction of sp³-hybridized carbons (Fsp3) is 0.211. The summed E-state index contributed by atoms with van der Waals surface area (Å²) in [5.41, 5.74) is 2.06. The number of benzene rings is 1. The van der Waals surface area contributed by atoms with E-state index in [0.717, 1.165) is 24.2 Å². The number of fused-ring (bicyclic) bond motifs is 1. The molecule has 3 aromatic heterocycles. The maximum atomic E-state index is 12.2. The lowest BCUT2D eigenvalue weighted by Crippen LogP contribution is -2.23. The van der Waals surface area contributed by atoms with E-state index in [0.29, 0.717) is 28.8 Å². The Kier molecular flexibility index (Phi) is 3.67. The summed E-state index contributed by atoms with van der Waals surface area (Å²) >= 11 is 0. The second kappa shape index (κ2) is 6.31. The second-order valence-corrected chi connectivity index (χ2v) is 6.54. The molecule has 0 aliphatic heterocycles. The van der Waals surface area contributed by atoms with Crippen LogP contribution in [0.5, 0.6) is 0 Å². The van der Waals surface area contributed by atoms with Crippen molar-refractivity contribution in [1.29, 1.82) is 0 Å². The molecule has 1 aromatic carbocycles. The second-order valence-electron chi connectivity index (χ2n) is 6.54. The Labute approximate surface area is 154 Å². The van der Waals surface area contributed by atoms with Gasteiger partial charge in [-0.05, 0) is 37.1 Å². The van der Waals surface area contributed by atoms with E-state index in [1.165, 1.54) is 0 Å². The summed E-state index contributed by atoms with van der Waals surface area (Å²) in [4.78, 5) is 16.6. The number of carbonyl (C=O) groups excluding carboxylic acids is 1. The topological polar surface area (TPSA) is 98.2 Å². The number of nitrogens with one attached hydrogen (secondary N) is 1. The zero-order valence-electron chi connectivity index (χ0n) is 14.4. The van der Waals surface area contributed by atoms with Gasteiger partial charge < -0.3 is 9.84 Å². The molecule has 3 heterocycles. The predicted molar refractivity (Wildman–Crippen MR) is 95.9 cm³/mol. The van der Waals surface area contributed by atoms with Crippen molar-refractivity contribution in [2.45, 2.75) is 25.3 Å². The molecule has 0 radical (unpaired) electrons. The van der Waals surface area contributed by atoms with Gasteiger partial charge in [-0.1, -0.05) is 23.4 Å². The minimum atomic E-state index is -0.151. The summed E-state index contributed by atoms with van der Waals surface area (Å²) in [6.07, 6.45) is 4.09. The van der Waals surface area contributed by atoms with E-state index in [-0.39, 0.29) is 12.5 Å². The average Bonchev–Trinajstić information content (AvgIpc) is 3.30. The summed E-state index contributed by atoms with van der Waals surface area (Å²) in [6, 6.07) is 12.8. The van der Waals surface area contributed by atoms with E-state index in [9.17, 15) is 4.79 Å². The third-order valence-electron chi connectivity index (χ3n) is 4.55. The highest BCUT2D eigenvalue weighted by atomic mass is 16.5. The van der Waals surface area contributed by atoms with Crippen LogP contribution in [0.1, 0.15) is 40.8 Å². The van der Waals surface area contributed by atoms with Crippen LogP contribution in [0.2, 0.25) is 0 Å². The van der Waals surface area contributed by atoms with Gasteiger partial charge in [0.25, 0.3) is 11.8 Å². The van der Waals surface area contributed by atoms with Crippen LogP contribution in [0.25, 0.3) is 17.1 Å². The summed E-state index contributed by atoms with van der Waals surface area (Å²) in [5, 5.41) is 15.3. The van der Waals surface area contributed by atoms with Crippen molar-refractivity contribution in [3.8, 4) is 11.5 Å². The van der Waals surface area contributed by atoms with Crippen LogP contribution in [-0.4, -0.2) is 30.6 Å². The van der Waals surface area contributed by atoms with Crippen molar-refractivity contribution in [1.82, 2.24) is 30.1 Å². The van der Waals surface area contributed by atoms with Crippen LogP contribution >= 0.6 is 0 Å². The SMILES string of the molecule is O=C(NCc1nnc2cc(-c3nc(C4CC4)no3)ccn12)c1ccccc1. The fourth-order valence-corrected chi connectivity index (χ4v) is 2.90. The molecule has 0 spiro atoms. The van der Waals surface area contributed by atoms with Crippen LogP contribution in [-0.2, 0) is 6.54 Å². The molecule has 1 aliphatic carbocycles. The first-order valence-electron chi connectivity index (χ1n) is 8.79. The van der Waals surface area contributed by atoms with Crippen molar-refractivity contribution in [2.75, 3.05) is 0 Å². The molecule has 0 atom stereocenters. The van der Waals surface area contributed by atoms with E-state index < -0.39 is 0 Å². The number of carbonyl (C=O) groups is 1. The third-order valence-corrected chi connectivity index (χ3v) is 4.55. The first-order valence-corrected chi connectivity index (χ1v) is 8.79. The van der Waals surface area contributed by atoms with Gasteiger partial charge >= 0.3 is 0 Å². The summed E-state index contributed by atoms with van der Waals surface area (Å²) in [6.45, 7) is 0.278. The van der Waals surface area contributed by atoms with E-state index in [2.05, 4.69) is 25.7 Å². The highest BCUT2D eigenvalue weighted by molar-refractivity contribution is 5.94. The van der Waals surface area contributed by atoms with Crippen LogP contribution < -0.4 is 5.32 Å². The largest absolute Gasteiger partial charge is 0.345 e. The Bertz CT molecular complexity index is 1110. The van der Waals surface area contributed by atoms with Gasteiger partial charge in [-0.2, -0.15) is 4.98 Å². The number of aromatic nitrogens is 5. The Morgan fingerprint density at radius 2 is 2.04 bits per heavy atom. The molecular weight excluding hydrogens is 344 g/mol. The first-order chi connectivity index (χ1) is 13.3. The Morgan fingerprint density at radius 3 is 2.85 bits per heavy atom. The highest BCUT2D eigenvalue weighted by Gasteiger charge is 2.29. The van der Waals surface area contributed by atoms with E-state index in [4.69, 9.17) is 4.52 Å². The Balaban J connectivity index is 1.34. The van der Waals surface area contributed by atoms with Crippen LogP contribution in [0, 0.1) is 0 Å². The van der Waals surface area contributed by atoms with Crippen molar-refractivity contribution >= 4 is 11.6 Å². The zero-order chi connectivity index (χ0) is 18.2. The summed E-state index contributed by atoms with van der Waals surface area (Å²) < 4.78 is 7.19. The number of pyridine rings is 1. The maximum Gasteiger partial charge on any atom is 0.258 e. The molecule has 0 unspecified atom stereocenters. The molecule has 1 N–H and O–H groups in total. The van der Waals surface area contributed by atoms with Crippen molar-refractivity contribution in [3.05, 3.63) is 65.9 Å². The molecular formula is C19H16N6O2. The average molecular weight is 360 g/mol. The Hall–Kier alpha value is -3.55. The summed E-state index contributed by atoms with van der Waals surface area (Å²) in [5.74, 6) is 2.20. The number of amides is 1. The van der Waals surface area contributed by atoms with Crippen molar-refractivity contribution in [3.63, 3.8) is 0 Å². The van der Waals surface area contributed by atoms with Crippen molar-refractivity contribution < 1.29 is 9.32 Å². The van der Waals surface area contributed by atoms with Crippen LogP contribution in [0.15, 0.2) is 53.2 Å². The third kappa shape index (κ3) is 3.05. The van der Waals surface area contributed by atoms with Gasteiger partial charge in [0.2, 0.25) is 0 Å². The predicted octanol–water partition coefficient (Wildman–Crippen LogP) is 2.59. The van der Waals surface area contributed by atoms with E-state index in [1.54, 1.807) is 12.1 Å². The molecule has 1 aliphatic rings. The number of nitrogens with zero attached hydrogens (tertiary/aromatic N) is 5. The molecule has 0 bridgehead atoms. The van der Waals surface area contributed by atoms with Crippen LogP contribution in [0.4, 0.5) is 0 Å². The van der Waals surface area contributed by atoms with Gasteiger partial charge in [0.1, 0.15) is 0 Å². The molecule has 27 heavy (non-hydrogen) atoms. The molecule has 4 aromatic rings. The van der Waals surface area contributed by atoms with Crippen LogP contribution in [0.3, 0.4) is 0 Å². The summed E-state index contributed by atoms with van der Waals surface area (Å²) in [7, 11) is 0. The standard InChI is InChI=1S/C19H16N6O2/c26-18(13-4-2-1-3-5-13)20-11-16-23-22-15-10-14(8-9-25(15)16)19-21-17(24-27-19)12-6-7-12/h1-5,8-10,12H,6-7,11H2,(H,20,26). The van der Waals surface area contributed by atoms with E-state index in [1.807, 2.05) is 40.9 Å². The minimum absolute atomic E-state index is 0.151. The van der Waals surface area contributed by atoms with Crippen molar-refractivity contribution in [2.24, 2.45) is 0 Å². The monoisotopic (exact) mass is 360 g/mol. The number of hydrogen-bond acceptors (Lipinski definition) is 6. The van der Waals surface area contributed by atoms with Gasteiger partial charge in [0.05, 0.1) is 6.54 Å². The molecule has 0 saturated heterocycles. The lowest BCUT2D eigenvalue weighted by atomic mass is 10.2. The quantitative estimate of drug-likeness (QED) is 0.587. The first kappa shape index (κ1) is 15.7. The molecule has 1 saturated carbocycles. The van der Waals surface area contributed by atoms with Gasteiger partial charge in [0, 0.05) is 23.2 Å². The molecule has 1 amide bonds. The van der Waals surface area contributed by atoms with E-state index >= 15 is 0 Å². The number of hydrogen-bond donors (Lipinski definition) is 1.